The summed E-state index contributed by atoms with van der Waals surface area (Å²) >= 11 is 0. The molecule has 1 rings (SSSR count). The number of carbonyl (C=O) groups excluding carboxylic acids is 1. The zero-order valence-electron chi connectivity index (χ0n) is 17.5. The predicted molar refractivity (Wildman–Crippen MR) is 107 cm³/mol. The molecule has 0 bridgehead atoms. The first kappa shape index (κ1) is 24.0. The van der Waals surface area contributed by atoms with Gasteiger partial charge < -0.3 is 19.7 Å². The number of ether oxygens (including phenoxy) is 2. The Morgan fingerprint density at radius 2 is 1.93 bits per heavy atom. The highest BCUT2D eigenvalue weighted by Gasteiger charge is 2.33. The Bertz CT molecular complexity index is 432. The van der Waals surface area contributed by atoms with Gasteiger partial charge in [-0.2, -0.15) is 0 Å². The van der Waals surface area contributed by atoms with E-state index in [4.69, 9.17) is 4.74 Å². The van der Waals surface area contributed by atoms with Gasteiger partial charge in [-0.1, -0.05) is 45.4 Å². The molecule has 0 radical (unpaired) electrons. The maximum Gasteiger partial charge on any atom is 0.305 e. The van der Waals surface area contributed by atoms with Crippen LogP contribution >= 0.6 is 0 Å². The minimum atomic E-state index is -0.680. The molecule has 0 aromatic rings. The highest BCUT2D eigenvalue weighted by atomic mass is 16.5. The van der Waals surface area contributed by atoms with E-state index in [1.807, 2.05) is 13.0 Å². The summed E-state index contributed by atoms with van der Waals surface area (Å²) in [6.45, 7) is 3.98. The van der Waals surface area contributed by atoms with Crippen LogP contribution in [0.5, 0.6) is 0 Å². The second-order valence-electron chi connectivity index (χ2n) is 8.28. The number of aliphatic hydroxyl groups is 2. The van der Waals surface area contributed by atoms with Gasteiger partial charge in [0.05, 0.1) is 25.1 Å². The molecular weight excluding hydrogens is 344 g/mol. The average molecular weight is 385 g/mol. The Labute approximate surface area is 165 Å². The van der Waals surface area contributed by atoms with E-state index in [9.17, 15) is 15.0 Å². The molecule has 5 nitrogen and oxygen atoms in total. The van der Waals surface area contributed by atoms with E-state index in [0.717, 1.165) is 64.2 Å². The number of unbranched alkanes of at least 4 members (excludes halogenated alkanes) is 4. The van der Waals surface area contributed by atoms with E-state index in [2.05, 4.69) is 11.7 Å². The fraction of sp³-hybridized carbons (Fsp3) is 0.864. The quantitative estimate of drug-likeness (QED) is 0.262. The fourth-order valence-electron chi connectivity index (χ4n) is 3.73. The number of methoxy groups -OCH3 is 1. The molecule has 0 heterocycles. The molecule has 1 fully saturated rings. The van der Waals surface area contributed by atoms with Crippen molar-refractivity contribution in [1.29, 1.82) is 0 Å². The molecule has 27 heavy (non-hydrogen) atoms. The van der Waals surface area contributed by atoms with Crippen LogP contribution in [0.3, 0.4) is 0 Å². The Kier molecular flexibility index (Phi) is 11.7. The lowest BCUT2D eigenvalue weighted by atomic mass is 9.95. The van der Waals surface area contributed by atoms with Crippen LogP contribution in [0.15, 0.2) is 12.3 Å². The lowest BCUT2D eigenvalue weighted by molar-refractivity contribution is -0.140. The molecule has 5 heteroatoms. The van der Waals surface area contributed by atoms with Crippen molar-refractivity contribution >= 4 is 5.97 Å². The van der Waals surface area contributed by atoms with Crippen molar-refractivity contribution in [1.82, 2.24) is 0 Å². The van der Waals surface area contributed by atoms with Crippen LogP contribution < -0.4 is 0 Å². The van der Waals surface area contributed by atoms with Crippen molar-refractivity contribution < 1.29 is 24.5 Å². The molecular formula is C22H40O5. The molecule has 0 amide bonds. The molecule has 1 aliphatic rings. The largest absolute Gasteiger partial charge is 0.496 e. The molecule has 0 aliphatic heterocycles. The van der Waals surface area contributed by atoms with E-state index < -0.39 is 11.7 Å². The van der Waals surface area contributed by atoms with Gasteiger partial charge in [-0.25, -0.2) is 0 Å². The summed E-state index contributed by atoms with van der Waals surface area (Å²) in [6.07, 6.45) is 13.9. The number of esters is 1. The van der Waals surface area contributed by atoms with E-state index in [1.165, 1.54) is 7.11 Å². The van der Waals surface area contributed by atoms with Crippen LogP contribution in [0.4, 0.5) is 0 Å². The van der Waals surface area contributed by atoms with E-state index in [0.29, 0.717) is 18.8 Å². The summed E-state index contributed by atoms with van der Waals surface area (Å²) < 4.78 is 10.4. The van der Waals surface area contributed by atoms with Crippen LogP contribution in [0.2, 0.25) is 0 Å². The highest BCUT2D eigenvalue weighted by Crippen LogP contribution is 2.32. The van der Waals surface area contributed by atoms with Crippen molar-refractivity contribution in [3.8, 4) is 0 Å². The van der Waals surface area contributed by atoms with Crippen molar-refractivity contribution in [2.75, 3.05) is 7.11 Å². The first-order chi connectivity index (χ1) is 12.9. The summed E-state index contributed by atoms with van der Waals surface area (Å²) in [4.78, 5) is 11.1. The SMILES string of the molecule is CCCCC(C)(O)CC=CO[C@H]1C[C@@H](CCCCCCC(=O)OC)C[C@H]1O. The van der Waals surface area contributed by atoms with E-state index in [-0.39, 0.29) is 12.1 Å². The Morgan fingerprint density at radius 1 is 1.19 bits per heavy atom. The number of hydrogen-bond acceptors (Lipinski definition) is 5. The molecule has 1 unspecified atom stereocenters. The van der Waals surface area contributed by atoms with Crippen molar-refractivity contribution in [2.24, 2.45) is 5.92 Å². The van der Waals surface area contributed by atoms with Crippen LogP contribution in [0.1, 0.15) is 90.9 Å². The molecule has 0 spiro atoms. The minimum Gasteiger partial charge on any atom is -0.496 e. The summed E-state index contributed by atoms with van der Waals surface area (Å²) in [5.41, 5.74) is -0.680. The molecule has 1 aliphatic carbocycles. The average Bonchev–Trinajstić information content (AvgIpc) is 2.99. The maximum absolute atomic E-state index is 11.1. The second kappa shape index (κ2) is 13.2. The summed E-state index contributed by atoms with van der Waals surface area (Å²) in [7, 11) is 1.43. The van der Waals surface area contributed by atoms with Gasteiger partial charge in [0.15, 0.2) is 0 Å². The van der Waals surface area contributed by atoms with Gasteiger partial charge in [-0.05, 0) is 51.0 Å². The lowest BCUT2D eigenvalue weighted by Gasteiger charge is -2.21. The van der Waals surface area contributed by atoms with Gasteiger partial charge in [0.1, 0.15) is 6.10 Å². The third-order valence-corrected chi connectivity index (χ3v) is 5.52. The van der Waals surface area contributed by atoms with Crippen LogP contribution in [-0.4, -0.2) is 41.1 Å². The molecule has 4 atom stereocenters. The summed E-state index contributed by atoms with van der Waals surface area (Å²) in [6, 6.07) is 0. The van der Waals surface area contributed by atoms with Crippen LogP contribution in [0, 0.1) is 5.92 Å². The second-order valence-corrected chi connectivity index (χ2v) is 8.28. The van der Waals surface area contributed by atoms with Gasteiger partial charge in [0.25, 0.3) is 0 Å². The van der Waals surface area contributed by atoms with Crippen LogP contribution in [0.25, 0.3) is 0 Å². The zero-order valence-corrected chi connectivity index (χ0v) is 17.5. The molecule has 158 valence electrons. The molecule has 0 aromatic carbocycles. The van der Waals surface area contributed by atoms with Gasteiger partial charge in [-0.15, -0.1) is 0 Å². The lowest BCUT2D eigenvalue weighted by Crippen LogP contribution is -2.23. The first-order valence-corrected chi connectivity index (χ1v) is 10.7. The maximum atomic E-state index is 11.1. The Hall–Kier alpha value is -1.07. The van der Waals surface area contributed by atoms with Crippen molar-refractivity contribution in [3.05, 3.63) is 12.3 Å². The monoisotopic (exact) mass is 384 g/mol. The number of aliphatic hydroxyl groups excluding tert-OH is 1. The Balaban J connectivity index is 2.15. The molecule has 0 aromatic heterocycles. The summed E-state index contributed by atoms with van der Waals surface area (Å²) in [5, 5.41) is 20.5. The van der Waals surface area contributed by atoms with Gasteiger partial charge in [0.2, 0.25) is 0 Å². The van der Waals surface area contributed by atoms with Crippen molar-refractivity contribution in [3.63, 3.8) is 0 Å². The van der Waals surface area contributed by atoms with E-state index >= 15 is 0 Å². The number of rotatable bonds is 14. The molecule has 0 saturated heterocycles. The van der Waals surface area contributed by atoms with Gasteiger partial charge in [0, 0.05) is 6.42 Å². The van der Waals surface area contributed by atoms with E-state index in [1.54, 1.807) is 6.26 Å². The topological polar surface area (TPSA) is 76.0 Å². The third kappa shape index (κ3) is 10.7. The Morgan fingerprint density at radius 3 is 2.63 bits per heavy atom. The molecule has 2 N–H and O–H groups in total. The zero-order chi connectivity index (χ0) is 20.1. The fourth-order valence-corrected chi connectivity index (χ4v) is 3.73. The first-order valence-electron chi connectivity index (χ1n) is 10.7. The smallest absolute Gasteiger partial charge is 0.305 e. The number of carbonyl (C=O) groups is 1. The molecule has 1 saturated carbocycles. The number of hydrogen-bond donors (Lipinski definition) is 2. The van der Waals surface area contributed by atoms with Crippen LogP contribution in [-0.2, 0) is 14.3 Å². The predicted octanol–water partition coefficient (Wildman–Crippen LogP) is 4.50. The van der Waals surface area contributed by atoms with Gasteiger partial charge >= 0.3 is 5.97 Å². The summed E-state index contributed by atoms with van der Waals surface area (Å²) in [5.74, 6) is 0.375. The normalized spacial score (nSPS) is 24.9. The minimum absolute atomic E-state index is 0.131. The van der Waals surface area contributed by atoms with Crippen molar-refractivity contribution in [2.45, 2.75) is 109 Å². The van der Waals surface area contributed by atoms with Gasteiger partial charge in [-0.3, -0.25) is 4.79 Å². The standard InChI is InChI=1S/C22H40O5/c1-4-5-13-22(2,25)14-10-15-27-20-17-18(16-19(20)23)11-8-6-7-9-12-21(24)26-3/h10,15,18-20,23,25H,4-9,11-14,16-17H2,1-3H3/t18-,19+,20-,22?/m0/s1. The third-order valence-electron chi connectivity index (χ3n) is 5.52. The highest BCUT2D eigenvalue weighted by molar-refractivity contribution is 5.68.